The molecule has 7 heteroatoms. The average Bonchev–Trinajstić information content (AvgIpc) is 3.51. The first kappa shape index (κ1) is 22.4. The zero-order chi connectivity index (χ0) is 23.5. The van der Waals surface area contributed by atoms with Crippen molar-refractivity contribution in [2.24, 2.45) is 0 Å². The van der Waals surface area contributed by atoms with Crippen LogP contribution in [0.4, 0.5) is 4.39 Å². The molecule has 0 spiro atoms. The van der Waals surface area contributed by atoms with Crippen molar-refractivity contribution in [2.45, 2.75) is 44.7 Å². The van der Waals surface area contributed by atoms with E-state index in [1.54, 1.807) is 30.3 Å². The molecule has 2 heterocycles. The zero-order valence-electron chi connectivity index (χ0n) is 18.6. The molecule has 0 atom stereocenters. The number of hydrogen-bond acceptors (Lipinski definition) is 3. The normalized spacial score (nSPS) is 14.3. The van der Waals surface area contributed by atoms with Crippen LogP contribution in [-0.2, 0) is 6.54 Å². The van der Waals surface area contributed by atoms with Gasteiger partial charge in [-0.3, -0.25) is 4.79 Å². The van der Waals surface area contributed by atoms with Crippen molar-refractivity contribution < 1.29 is 13.6 Å². The summed E-state index contributed by atoms with van der Waals surface area (Å²) < 4.78 is 21.7. The lowest BCUT2D eigenvalue weighted by Crippen LogP contribution is -2.22. The number of nitrogens with zero attached hydrogens (tertiary/aromatic N) is 2. The monoisotopic (exact) mass is 477 g/mol. The largest absolute Gasteiger partial charge is 0.449 e. The quantitative estimate of drug-likeness (QED) is 0.324. The molecule has 1 N–H and O–H groups in total. The maximum atomic E-state index is 13.5. The lowest BCUT2D eigenvalue weighted by Gasteiger charge is -2.24. The summed E-state index contributed by atoms with van der Waals surface area (Å²) in [5.41, 5.74) is 3.23. The van der Waals surface area contributed by atoms with E-state index in [-0.39, 0.29) is 17.5 Å². The molecule has 1 aliphatic rings. The van der Waals surface area contributed by atoms with Crippen molar-refractivity contribution >= 4 is 17.5 Å². The number of furan rings is 1. The molecular weight excluding hydrogens is 453 g/mol. The first-order valence-electron chi connectivity index (χ1n) is 11.5. The van der Waals surface area contributed by atoms with Crippen molar-refractivity contribution in [2.75, 3.05) is 0 Å². The van der Waals surface area contributed by atoms with Crippen LogP contribution in [0.1, 0.15) is 54.3 Å². The molecule has 0 bridgehead atoms. The number of benzene rings is 2. The van der Waals surface area contributed by atoms with E-state index in [2.05, 4.69) is 14.9 Å². The average molecular weight is 478 g/mol. The van der Waals surface area contributed by atoms with Crippen LogP contribution in [-0.4, -0.2) is 15.5 Å². The van der Waals surface area contributed by atoms with Gasteiger partial charge in [0.25, 0.3) is 5.91 Å². The van der Waals surface area contributed by atoms with E-state index in [0.717, 1.165) is 29.7 Å². The first-order valence-corrected chi connectivity index (χ1v) is 11.9. The number of aromatic nitrogens is 2. The minimum Gasteiger partial charge on any atom is -0.449 e. The second-order valence-electron chi connectivity index (χ2n) is 8.62. The Kier molecular flexibility index (Phi) is 6.50. The van der Waals surface area contributed by atoms with E-state index in [4.69, 9.17) is 16.0 Å². The molecule has 1 amide bonds. The molecule has 174 valence electrons. The number of nitrogens with one attached hydrogen (secondary N) is 1. The molecule has 1 saturated carbocycles. The fourth-order valence-electron chi connectivity index (χ4n) is 4.56. The van der Waals surface area contributed by atoms with Gasteiger partial charge in [-0.25, -0.2) is 9.37 Å². The molecule has 0 aliphatic heterocycles. The van der Waals surface area contributed by atoms with Gasteiger partial charge in [-0.1, -0.05) is 43.0 Å². The van der Waals surface area contributed by atoms with Crippen LogP contribution in [0.2, 0.25) is 5.02 Å². The summed E-state index contributed by atoms with van der Waals surface area (Å²) in [5, 5.41) is 3.50. The SMILES string of the molecule is O=C(NCc1cccc(Cl)c1)c1ccc(-c2c(-c3ccc(F)cc3)ncn2C2CCCCC2)o1. The van der Waals surface area contributed by atoms with Gasteiger partial charge in [-0.2, -0.15) is 0 Å². The minimum absolute atomic E-state index is 0.221. The fourth-order valence-corrected chi connectivity index (χ4v) is 4.78. The molecule has 0 radical (unpaired) electrons. The van der Waals surface area contributed by atoms with Gasteiger partial charge in [0.2, 0.25) is 0 Å². The lowest BCUT2D eigenvalue weighted by molar-refractivity contribution is 0.0924. The summed E-state index contributed by atoms with van der Waals surface area (Å²) in [6.07, 6.45) is 7.56. The Bertz CT molecular complexity index is 1290. The van der Waals surface area contributed by atoms with E-state index >= 15 is 0 Å². The van der Waals surface area contributed by atoms with E-state index in [1.165, 1.54) is 31.4 Å². The van der Waals surface area contributed by atoms with Crippen LogP contribution >= 0.6 is 11.6 Å². The molecule has 2 aromatic carbocycles. The molecule has 2 aromatic heterocycles. The molecule has 1 fully saturated rings. The standard InChI is InChI=1S/C27H25ClFN3O2/c28-20-6-4-5-18(15-20)16-30-27(33)24-14-13-23(34-24)26-25(19-9-11-21(29)12-10-19)31-17-32(26)22-7-2-1-3-8-22/h4-6,9-15,17,22H,1-3,7-8,16H2,(H,30,33). The summed E-state index contributed by atoms with van der Waals surface area (Å²) in [7, 11) is 0. The second-order valence-corrected chi connectivity index (χ2v) is 9.06. The van der Waals surface area contributed by atoms with Gasteiger partial charge < -0.3 is 14.3 Å². The third-order valence-corrected chi connectivity index (χ3v) is 6.52. The maximum Gasteiger partial charge on any atom is 0.287 e. The molecule has 5 nitrogen and oxygen atoms in total. The highest BCUT2D eigenvalue weighted by Crippen LogP contribution is 2.38. The Morgan fingerprint density at radius 3 is 2.65 bits per heavy atom. The first-order chi connectivity index (χ1) is 16.6. The number of carbonyl (C=O) groups is 1. The van der Waals surface area contributed by atoms with Crippen LogP contribution in [0.25, 0.3) is 22.7 Å². The highest BCUT2D eigenvalue weighted by atomic mass is 35.5. The van der Waals surface area contributed by atoms with Gasteiger partial charge in [0, 0.05) is 23.2 Å². The third kappa shape index (κ3) is 4.77. The summed E-state index contributed by atoms with van der Waals surface area (Å²) in [6.45, 7) is 0.344. The maximum absolute atomic E-state index is 13.5. The Morgan fingerprint density at radius 2 is 1.88 bits per heavy atom. The Hall–Kier alpha value is -3.38. The summed E-state index contributed by atoms with van der Waals surface area (Å²) in [5.74, 6) is 0.181. The highest BCUT2D eigenvalue weighted by molar-refractivity contribution is 6.30. The van der Waals surface area contributed by atoms with Crippen LogP contribution in [0.3, 0.4) is 0 Å². The summed E-state index contributed by atoms with van der Waals surface area (Å²) >= 11 is 6.03. The Balaban J connectivity index is 1.44. The van der Waals surface area contributed by atoms with E-state index in [0.29, 0.717) is 29.1 Å². The number of rotatable bonds is 6. The number of halogens is 2. The zero-order valence-corrected chi connectivity index (χ0v) is 19.4. The van der Waals surface area contributed by atoms with E-state index < -0.39 is 0 Å². The molecule has 5 rings (SSSR count). The number of carbonyl (C=O) groups excluding carboxylic acids is 1. The summed E-state index contributed by atoms with van der Waals surface area (Å²) in [4.78, 5) is 17.4. The molecule has 0 unspecified atom stereocenters. The molecule has 4 aromatic rings. The molecule has 0 saturated heterocycles. The van der Waals surface area contributed by atoms with Gasteiger partial charge in [0.15, 0.2) is 11.5 Å². The lowest BCUT2D eigenvalue weighted by atomic mass is 9.95. The van der Waals surface area contributed by atoms with Crippen LogP contribution < -0.4 is 5.32 Å². The van der Waals surface area contributed by atoms with Crippen molar-refractivity contribution in [1.29, 1.82) is 0 Å². The minimum atomic E-state index is -0.307. The van der Waals surface area contributed by atoms with Crippen LogP contribution in [0.15, 0.2) is 71.4 Å². The van der Waals surface area contributed by atoms with Crippen molar-refractivity contribution in [3.05, 3.63) is 89.2 Å². The Morgan fingerprint density at radius 1 is 1.09 bits per heavy atom. The smallest absolute Gasteiger partial charge is 0.287 e. The van der Waals surface area contributed by atoms with Gasteiger partial charge in [-0.05, 0) is 66.9 Å². The molecule has 34 heavy (non-hydrogen) atoms. The molecular formula is C27H25ClFN3O2. The predicted molar refractivity (Wildman–Crippen MR) is 130 cm³/mol. The summed E-state index contributed by atoms with van der Waals surface area (Å²) in [6, 6.07) is 17.4. The number of imidazole rings is 1. The number of hydrogen-bond donors (Lipinski definition) is 1. The van der Waals surface area contributed by atoms with Gasteiger partial charge in [0.05, 0.1) is 12.0 Å². The highest BCUT2D eigenvalue weighted by Gasteiger charge is 2.25. The van der Waals surface area contributed by atoms with Gasteiger partial charge in [-0.15, -0.1) is 0 Å². The van der Waals surface area contributed by atoms with E-state index in [9.17, 15) is 9.18 Å². The van der Waals surface area contributed by atoms with Crippen molar-refractivity contribution in [3.8, 4) is 22.7 Å². The van der Waals surface area contributed by atoms with E-state index in [1.807, 2.05) is 24.5 Å². The number of amides is 1. The third-order valence-electron chi connectivity index (χ3n) is 6.28. The van der Waals surface area contributed by atoms with Crippen molar-refractivity contribution in [1.82, 2.24) is 14.9 Å². The van der Waals surface area contributed by atoms with Gasteiger partial charge >= 0.3 is 0 Å². The Labute approximate surface area is 202 Å². The van der Waals surface area contributed by atoms with Gasteiger partial charge in [0.1, 0.15) is 11.5 Å². The molecule has 1 aliphatic carbocycles. The van der Waals surface area contributed by atoms with Crippen molar-refractivity contribution in [3.63, 3.8) is 0 Å². The predicted octanol–water partition coefficient (Wildman–Crippen LogP) is 7.04. The fraction of sp³-hybridized carbons (Fsp3) is 0.259. The second kappa shape index (κ2) is 9.85. The topological polar surface area (TPSA) is 60.1 Å². The van der Waals surface area contributed by atoms with Crippen LogP contribution in [0.5, 0.6) is 0 Å². The van der Waals surface area contributed by atoms with Crippen LogP contribution in [0, 0.1) is 5.82 Å².